The molecule has 0 atom stereocenters. The molecule has 0 saturated carbocycles. The van der Waals surface area contributed by atoms with Crippen LogP contribution in [0.3, 0.4) is 0 Å². The Hall–Kier alpha value is -0.540. The van der Waals surface area contributed by atoms with Crippen LogP contribution in [0.25, 0.3) is 0 Å². The fraction of sp³-hybridized carbons (Fsp3) is 0.417. The molecule has 0 aromatic heterocycles. The Kier molecular flexibility index (Phi) is 4.81. The Morgan fingerprint density at radius 1 is 1.44 bits per heavy atom. The Balaban J connectivity index is 2.77. The summed E-state index contributed by atoms with van der Waals surface area (Å²) >= 11 is 8.95. The average Bonchev–Trinajstić information content (AvgIpc) is 2.26. The number of amides is 1. The number of carbonyl (C=O) groups is 1. The number of alkyl halides is 1. The summed E-state index contributed by atoms with van der Waals surface area (Å²) in [7, 11) is 0. The maximum Gasteiger partial charge on any atom is 0.234 e. The summed E-state index contributed by atoms with van der Waals surface area (Å²) in [6.07, 6.45) is 0. The highest BCUT2D eigenvalue weighted by Crippen LogP contribution is 2.29. The van der Waals surface area contributed by atoms with E-state index >= 15 is 0 Å². The Morgan fingerprint density at radius 2 is 2.06 bits per heavy atom. The highest BCUT2D eigenvalue weighted by molar-refractivity contribution is 9.10. The van der Waals surface area contributed by atoms with E-state index in [-0.39, 0.29) is 17.2 Å². The molecule has 0 radical (unpaired) electrons. The van der Waals surface area contributed by atoms with Gasteiger partial charge in [0, 0.05) is 16.4 Å². The number of carbonyl (C=O) groups excluding carboxylic acids is 1. The zero-order valence-electron chi connectivity index (χ0n) is 9.39. The topological polar surface area (TPSA) is 29.1 Å². The van der Waals surface area contributed by atoms with Crippen molar-refractivity contribution in [1.29, 1.82) is 0 Å². The summed E-state index contributed by atoms with van der Waals surface area (Å²) < 4.78 is 1.06. The van der Waals surface area contributed by atoms with Crippen molar-refractivity contribution in [2.75, 3.05) is 12.4 Å². The van der Waals surface area contributed by atoms with Crippen molar-refractivity contribution in [3.05, 3.63) is 34.3 Å². The number of nitrogens with one attached hydrogen (secondary N) is 1. The van der Waals surface area contributed by atoms with Crippen LogP contribution in [0.15, 0.2) is 28.7 Å². The predicted octanol–water partition coefficient (Wildman–Crippen LogP) is 3.08. The summed E-state index contributed by atoms with van der Waals surface area (Å²) in [4.78, 5) is 11.1. The number of benzene rings is 1. The number of hydrogen-bond donors (Lipinski definition) is 1. The van der Waals surface area contributed by atoms with Crippen molar-refractivity contribution in [2.45, 2.75) is 19.3 Å². The summed E-state index contributed by atoms with van der Waals surface area (Å²) in [5.74, 6) is -0.131. The second-order valence-electron chi connectivity index (χ2n) is 4.27. The van der Waals surface area contributed by atoms with Crippen LogP contribution in [0.5, 0.6) is 0 Å². The van der Waals surface area contributed by atoms with E-state index in [1.54, 1.807) is 0 Å². The van der Waals surface area contributed by atoms with E-state index in [1.807, 2.05) is 18.2 Å². The first-order valence-corrected chi connectivity index (χ1v) is 6.38. The third-order valence-electron chi connectivity index (χ3n) is 2.45. The van der Waals surface area contributed by atoms with Gasteiger partial charge in [-0.3, -0.25) is 4.79 Å². The minimum Gasteiger partial charge on any atom is -0.354 e. The number of halogens is 2. The van der Waals surface area contributed by atoms with Gasteiger partial charge in [-0.05, 0) is 11.6 Å². The molecule has 1 rings (SSSR count). The molecule has 0 unspecified atom stereocenters. The molecule has 1 amide bonds. The van der Waals surface area contributed by atoms with Gasteiger partial charge in [-0.15, -0.1) is 11.6 Å². The summed E-state index contributed by atoms with van der Waals surface area (Å²) in [5.41, 5.74) is 1.05. The molecule has 16 heavy (non-hydrogen) atoms. The molecule has 0 heterocycles. The van der Waals surface area contributed by atoms with E-state index in [4.69, 9.17) is 11.6 Å². The van der Waals surface area contributed by atoms with E-state index in [9.17, 15) is 4.79 Å². The SMILES string of the molecule is CC(C)(CNC(=O)CCl)c1ccccc1Br. The van der Waals surface area contributed by atoms with Crippen LogP contribution >= 0.6 is 27.5 Å². The summed E-state index contributed by atoms with van der Waals surface area (Å²) in [6, 6.07) is 8.02. The molecule has 0 saturated heterocycles. The molecule has 2 nitrogen and oxygen atoms in total. The van der Waals surface area contributed by atoms with E-state index in [1.165, 1.54) is 5.56 Å². The third-order valence-corrected chi connectivity index (χ3v) is 3.39. The van der Waals surface area contributed by atoms with Gasteiger partial charge in [0.05, 0.1) is 0 Å². The number of rotatable bonds is 4. The van der Waals surface area contributed by atoms with Crippen molar-refractivity contribution in [2.24, 2.45) is 0 Å². The van der Waals surface area contributed by atoms with Gasteiger partial charge in [0.15, 0.2) is 0 Å². The molecular formula is C12H15BrClNO. The number of hydrogen-bond acceptors (Lipinski definition) is 1. The zero-order valence-corrected chi connectivity index (χ0v) is 11.7. The standard InChI is InChI=1S/C12H15BrClNO/c1-12(2,8-15-11(16)7-14)9-5-3-4-6-10(9)13/h3-6H,7-8H2,1-2H3,(H,15,16). The fourth-order valence-electron chi connectivity index (χ4n) is 1.47. The molecule has 0 bridgehead atoms. The summed E-state index contributed by atoms with van der Waals surface area (Å²) in [5, 5.41) is 2.81. The minimum absolute atomic E-state index is 0.00599. The van der Waals surface area contributed by atoms with Gasteiger partial charge in [0.2, 0.25) is 5.91 Å². The van der Waals surface area contributed by atoms with Crippen LogP contribution in [0, 0.1) is 0 Å². The van der Waals surface area contributed by atoms with Gasteiger partial charge in [0.25, 0.3) is 0 Å². The second kappa shape index (κ2) is 5.69. The largest absolute Gasteiger partial charge is 0.354 e. The molecule has 1 N–H and O–H groups in total. The van der Waals surface area contributed by atoms with Crippen LogP contribution < -0.4 is 5.32 Å². The van der Waals surface area contributed by atoms with Crippen molar-refractivity contribution in [3.8, 4) is 0 Å². The molecule has 0 aliphatic carbocycles. The third kappa shape index (κ3) is 3.49. The molecule has 0 fully saturated rings. The van der Waals surface area contributed by atoms with Gasteiger partial charge in [-0.2, -0.15) is 0 Å². The Bertz CT molecular complexity index is 379. The average molecular weight is 305 g/mol. The van der Waals surface area contributed by atoms with Crippen molar-refractivity contribution < 1.29 is 4.79 Å². The monoisotopic (exact) mass is 303 g/mol. The lowest BCUT2D eigenvalue weighted by molar-refractivity contribution is -0.118. The van der Waals surface area contributed by atoms with E-state index in [0.717, 1.165) is 4.47 Å². The minimum atomic E-state index is -0.137. The van der Waals surface area contributed by atoms with Gasteiger partial charge in [-0.1, -0.05) is 48.0 Å². The zero-order chi connectivity index (χ0) is 12.2. The quantitative estimate of drug-likeness (QED) is 0.851. The van der Waals surface area contributed by atoms with Crippen molar-refractivity contribution in [1.82, 2.24) is 5.32 Å². The van der Waals surface area contributed by atoms with Gasteiger partial charge in [-0.25, -0.2) is 0 Å². The Labute approximate surface area is 110 Å². The van der Waals surface area contributed by atoms with Crippen LogP contribution in [0.4, 0.5) is 0 Å². The molecular weight excluding hydrogens is 289 g/mol. The van der Waals surface area contributed by atoms with Crippen LogP contribution in [-0.4, -0.2) is 18.3 Å². The molecule has 0 aliphatic rings. The smallest absolute Gasteiger partial charge is 0.234 e. The molecule has 0 aliphatic heterocycles. The lowest BCUT2D eigenvalue weighted by Crippen LogP contribution is -2.37. The van der Waals surface area contributed by atoms with Gasteiger partial charge >= 0.3 is 0 Å². The highest BCUT2D eigenvalue weighted by atomic mass is 79.9. The van der Waals surface area contributed by atoms with Crippen LogP contribution in [0.2, 0.25) is 0 Å². The predicted molar refractivity (Wildman–Crippen MR) is 70.9 cm³/mol. The lowest BCUT2D eigenvalue weighted by Gasteiger charge is -2.26. The normalized spacial score (nSPS) is 11.2. The maximum atomic E-state index is 11.1. The molecule has 4 heteroatoms. The highest BCUT2D eigenvalue weighted by Gasteiger charge is 2.23. The first-order valence-electron chi connectivity index (χ1n) is 5.05. The van der Waals surface area contributed by atoms with Gasteiger partial charge < -0.3 is 5.32 Å². The molecule has 88 valence electrons. The van der Waals surface area contributed by atoms with Crippen molar-refractivity contribution >= 4 is 33.4 Å². The molecule has 1 aromatic carbocycles. The van der Waals surface area contributed by atoms with E-state index in [2.05, 4.69) is 41.2 Å². The van der Waals surface area contributed by atoms with E-state index < -0.39 is 0 Å². The van der Waals surface area contributed by atoms with E-state index in [0.29, 0.717) is 6.54 Å². The lowest BCUT2D eigenvalue weighted by atomic mass is 9.84. The van der Waals surface area contributed by atoms with Crippen LogP contribution in [0.1, 0.15) is 19.4 Å². The van der Waals surface area contributed by atoms with Crippen molar-refractivity contribution in [3.63, 3.8) is 0 Å². The molecule has 1 aromatic rings. The molecule has 0 spiro atoms. The van der Waals surface area contributed by atoms with Gasteiger partial charge in [0.1, 0.15) is 5.88 Å². The first-order chi connectivity index (χ1) is 7.47. The second-order valence-corrected chi connectivity index (χ2v) is 5.40. The maximum absolute atomic E-state index is 11.1. The summed E-state index contributed by atoms with van der Waals surface area (Å²) in [6.45, 7) is 4.74. The Morgan fingerprint density at radius 3 is 2.62 bits per heavy atom. The fourth-order valence-corrected chi connectivity index (χ4v) is 2.39. The van der Waals surface area contributed by atoms with Crippen LogP contribution in [-0.2, 0) is 10.2 Å². The first kappa shape index (κ1) is 13.5.